The van der Waals surface area contributed by atoms with Crippen LogP contribution in [0.15, 0.2) is 53.9 Å². The zero-order valence-electron chi connectivity index (χ0n) is 11.4. The summed E-state index contributed by atoms with van der Waals surface area (Å²) in [6.07, 6.45) is 4.65. The molecular formula is C14H17N3O4. The first-order valence-corrected chi connectivity index (χ1v) is 5.67. The molecule has 0 unspecified atom stereocenters. The van der Waals surface area contributed by atoms with Crippen molar-refractivity contribution in [2.45, 2.75) is 0 Å². The molecule has 0 fully saturated rings. The largest absolute Gasteiger partial charge is 0.496 e. The van der Waals surface area contributed by atoms with Crippen molar-refractivity contribution in [1.29, 1.82) is 0 Å². The van der Waals surface area contributed by atoms with E-state index in [4.69, 9.17) is 4.74 Å². The monoisotopic (exact) mass is 291 g/mol. The number of amides is 1. The molecule has 2 rings (SSSR count). The summed E-state index contributed by atoms with van der Waals surface area (Å²) in [5.74, 6) is 0.415. The molecule has 0 spiro atoms. The van der Waals surface area contributed by atoms with E-state index in [9.17, 15) is 4.79 Å². The van der Waals surface area contributed by atoms with Crippen LogP contribution in [-0.2, 0) is 0 Å². The molecule has 1 amide bonds. The van der Waals surface area contributed by atoms with Crippen molar-refractivity contribution in [3.63, 3.8) is 0 Å². The molecule has 0 saturated heterocycles. The molecule has 0 aliphatic rings. The Balaban J connectivity index is 0.00000200. The van der Waals surface area contributed by atoms with Gasteiger partial charge in [0.1, 0.15) is 5.75 Å². The zero-order chi connectivity index (χ0) is 13.5. The number of rotatable bonds is 4. The molecule has 1 aromatic carbocycles. The molecule has 0 aliphatic carbocycles. The zero-order valence-corrected chi connectivity index (χ0v) is 11.4. The third-order valence-electron chi connectivity index (χ3n) is 2.45. The van der Waals surface area contributed by atoms with E-state index in [0.29, 0.717) is 11.3 Å². The Bertz CT molecular complexity index is 588. The second-order valence-corrected chi connectivity index (χ2v) is 3.68. The van der Waals surface area contributed by atoms with E-state index >= 15 is 0 Å². The van der Waals surface area contributed by atoms with Gasteiger partial charge in [0.05, 0.1) is 13.3 Å². The van der Waals surface area contributed by atoms with Gasteiger partial charge in [0, 0.05) is 23.5 Å². The van der Waals surface area contributed by atoms with Crippen LogP contribution in [0.5, 0.6) is 5.75 Å². The Morgan fingerprint density at radius 1 is 1.19 bits per heavy atom. The lowest BCUT2D eigenvalue weighted by Gasteiger charge is -2.03. The van der Waals surface area contributed by atoms with Crippen LogP contribution < -0.4 is 10.2 Å². The van der Waals surface area contributed by atoms with Crippen LogP contribution in [0.25, 0.3) is 0 Å². The average Bonchev–Trinajstić information content (AvgIpc) is 2.48. The summed E-state index contributed by atoms with van der Waals surface area (Å²) in [5, 5.41) is 3.90. The van der Waals surface area contributed by atoms with Gasteiger partial charge in [0.25, 0.3) is 5.91 Å². The number of hydrazone groups is 1. The molecule has 0 aliphatic heterocycles. The van der Waals surface area contributed by atoms with Crippen LogP contribution >= 0.6 is 0 Å². The van der Waals surface area contributed by atoms with Gasteiger partial charge in [-0.2, -0.15) is 5.10 Å². The molecule has 1 aromatic heterocycles. The van der Waals surface area contributed by atoms with Gasteiger partial charge < -0.3 is 15.7 Å². The number of para-hydroxylation sites is 1. The number of hydrogen-bond donors (Lipinski definition) is 1. The van der Waals surface area contributed by atoms with Crippen molar-refractivity contribution >= 4 is 12.1 Å². The fourth-order valence-electron chi connectivity index (χ4n) is 1.50. The molecule has 7 heteroatoms. The number of methoxy groups -OCH3 is 1. The van der Waals surface area contributed by atoms with E-state index in [0.717, 1.165) is 5.56 Å². The van der Waals surface area contributed by atoms with Crippen molar-refractivity contribution in [1.82, 2.24) is 10.4 Å². The van der Waals surface area contributed by atoms with Gasteiger partial charge in [-0.05, 0) is 24.3 Å². The van der Waals surface area contributed by atoms with E-state index in [1.54, 1.807) is 31.6 Å². The van der Waals surface area contributed by atoms with E-state index in [-0.39, 0.29) is 16.9 Å². The summed E-state index contributed by atoms with van der Waals surface area (Å²) in [6, 6.07) is 10.6. The van der Waals surface area contributed by atoms with E-state index in [1.807, 2.05) is 24.3 Å². The highest BCUT2D eigenvalue weighted by atomic mass is 16.5. The maximum atomic E-state index is 11.7. The van der Waals surface area contributed by atoms with Gasteiger partial charge in [-0.3, -0.25) is 9.78 Å². The molecule has 1 heterocycles. The standard InChI is InChI=1S/C14H13N3O2.2H2O/c1-19-13-5-3-2-4-12(13)10-16-17-14(18)11-6-8-15-9-7-11;;/h2-10H,1H3,(H,17,18);2*1H2/b16-10+;;. The van der Waals surface area contributed by atoms with E-state index in [1.165, 1.54) is 6.21 Å². The topological polar surface area (TPSA) is 127 Å². The number of carbonyl (C=O) groups is 1. The highest BCUT2D eigenvalue weighted by Gasteiger charge is 2.02. The van der Waals surface area contributed by atoms with Crippen LogP contribution in [0, 0.1) is 0 Å². The minimum atomic E-state index is -0.284. The number of benzene rings is 1. The van der Waals surface area contributed by atoms with Crippen LogP contribution in [0.4, 0.5) is 0 Å². The Hall–Kier alpha value is -2.77. The van der Waals surface area contributed by atoms with Gasteiger partial charge in [0.15, 0.2) is 0 Å². The molecule has 2 aromatic rings. The summed E-state index contributed by atoms with van der Waals surface area (Å²) >= 11 is 0. The number of hydrogen-bond acceptors (Lipinski definition) is 4. The predicted octanol–water partition coefficient (Wildman–Crippen LogP) is 0.205. The molecular weight excluding hydrogens is 274 g/mol. The van der Waals surface area contributed by atoms with Crippen LogP contribution in [0.1, 0.15) is 15.9 Å². The minimum Gasteiger partial charge on any atom is -0.496 e. The van der Waals surface area contributed by atoms with Crippen molar-refractivity contribution in [2.75, 3.05) is 7.11 Å². The normalized spacial score (nSPS) is 9.38. The van der Waals surface area contributed by atoms with Gasteiger partial charge in [0.2, 0.25) is 0 Å². The third kappa shape index (κ3) is 5.01. The maximum Gasteiger partial charge on any atom is 0.271 e. The molecule has 0 saturated carbocycles. The molecule has 0 atom stereocenters. The van der Waals surface area contributed by atoms with Crippen molar-refractivity contribution in [3.8, 4) is 5.75 Å². The summed E-state index contributed by atoms with van der Waals surface area (Å²) in [4.78, 5) is 15.5. The van der Waals surface area contributed by atoms with Crippen molar-refractivity contribution in [3.05, 3.63) is 59.9 Å². The first-order valence-electron chi connectivity index (χ1n) is 5.67. The number of nitrogens with zero attached hydrogens (tertiary/aromatic N) is 2. The second kappa shape index (κ2) is 9.18. The smallest absolute Gasteiger partial charge is 0.271 e. The second-order valence-electron chi connectivity index (χ2n) is 3.68. The van der Waals surface area contributed by atoms with Crippen molar-refractivity contribution < 1.29 is 20.5 Å². The number of carbonyl (C=O) groups excluding carboxylic acids is 1. The highest BCUT2D eigenvalue weighted by molar-refractivity contribution is 5.94. The lowest BCUT2D eigenvalue weighted by Crippen LogP contribution is -2.17. The van der Waals surface area contributed by atoms with Gasteiger partial charge in [-0.25, -0.2) is 5.43 Å². The molecule has 21 heavy (non-hydrogen) atoms. The lowest BCUT2D eigenvalue weighted by atomic mass is 10.2. The highest BCUT2D eigenvalue weighted by Crippen LogP contribution is 2.14. The third-order valence-corrected chi connectivity index (χ3v) is 2.45. The first-order chi connectivity index (χ1) is 9.31. The summed E-state index contributed by atoms with van der Waals surface area (Å²) < 4.78 is 5.18. The SMILES string of the molecule is COc1ccccc1/C=N/NC(=O)c1ccncc1.O.O. The average molecular weight is 291 g/mol. The van der Waals surface area contributed by atoms with Gasteiger partial charge in [-0.1, -0.05) is 12.1 Å². The molecule has 0 radical (unpaired) electrons. The van der Waals surface area contributed by atoms with Crippen LogP contribution in [-0.4, -0.2) is 35.2 Å². The predicted molar refractivity (Wildman–Crippen MR) is 79.5 cm³/mol. The number of ether oxygens (including phenoxy) is 1. The number of nitrogens with one attached hydrogen (secondary N) is 1. The number of pyridine rings is 1. The molecule has 7 nitrogen and oxygen atoms in total. The molecule has 112 valence electrons. The lowest BCUT2D eigenvalue weighted by molar-refractivity contribution is 0.0955. The van der Waals surface area contributed by atoms with E-state index in [2.05, 4.69) is 15.5 Å². The van der Waals surface area contributed by atoms with Crippen molar-refractivity contribution in [2.24, 2.45) is 5.10 Å². The minimum absolute atomic E-state index is 0. The Morgan fingerprint density at radius 3 is 2.52 bits per heavy atom. The summed E-state index contributed by atoms with van der Waals surface area (Å²) in [7, 11) is 1.59. The molecule has 0 bridgehead atoms. The van der Waals surface area contributed by atoms with Crippen LogP contribution in [0.3, 0.4) is 0 Å². The molecule has 5 N–H and O–H groups in total. The fraction of sp³-hybridized carbons (Fsp3) is 0.0714. The van der Waals surface area contributed by atoms with Gasteiger partial charge in [-0.15, -0.1) is 0 Å². The Morgan fingerprint density at radius 2 is 1.86 bits per heavy atom. The van der Waals surface area contributed by atoms with E-state index < -0.39 is 0 Å². The maximum absolute atomic E-state index is 11.7. The Kier molecular flexibility index (Phi) is 7.97. The first kappa shape index (κ1) is 18.2. The van der Waals surface area contributed by atoms with Crippen LogP contribution in [0.2, 0.25) is 0 Å². The fourth-order valence-corrected chi connectivity index (χ4v) is 1.50. The van der Waals surface area contributed by atoms with Gasteiger partial charge >= 0.3 is 0 Å². The quantitative estimate of drug-likeness (QED) is 0.638. The summed E-state index contributed by atoms with van der Waals surface area (Å²) in [5.41, 5.74) is 3.74. The summed E-state index contributed by atoms with van der Waals surface area (Å²) in [6.45, 7) is 0. The number of aromatic nitrogens is 1. The Labute approximate surface area is 121 Å².